The molecular formula is C12H24O3. The highest BCUT2D eigenvalue weighted by Crippen LogP contribution is 2.20. The van der Waals surface area contributed by atoms with Crippen LogP contribution in [0.3, 0.4) is 0 Å². The molecule has 0 rings (SSSR count). The van der Waals surface area contributed by atoms with E-state index in [1.54, 1.807) is 0 Å². The third kappa shape index (κ3) is 7.37. The first-order valence-electron chi connectivity index (χ1n) is 5.61. The largest absolute Gasteiger partial charge is 0.435 e. The van der Waals surface area contributed by atoms with E-state index in [1.807, 2.05) is 20.8 Å². The summed E-state index contributed by atoms with van der Waals surface area (Å²) in [5.41, 5.74) is -0.409. The standard InChI is InChI=1S/C12H24O3/c1-9(2)7-6-8-10(13)15-11(14)12(3,4)5/h9,11,14H,6-8H2,1-5H3. The highest BCUT2D eigenvalue weighted by Gasteiger charge is 2.25. The van der Waals surface area contributed by atoms with Gasteiger partial charge < -0.3 is 9.84 Å². The fourth-order valence-electron chi connectivity index (χ4n) is 1.01. The van der Waals surface area contributed by atoms with Crippen molar-refractivity contribution in [3.8, 4) is 0 Å². The summed E-state index contributed by atoms with van der Waals surface area (Å²) in [6, 6.07) is 0. The number of rotatable bonds is 5. The smallest absolute Gasteiger partial charge is 0.308 e. The molecule has 0 amide bonds. The van der Waals surface area contributed by atoms with Gasteiger partial charge in [-0.05, 0) is 12.3 Å². The molecule has 15 heavy (non-hydrogen) atoms. The fraction of sp³-hybridized carbons (Fsp3) is 0.917. The molecule has 0 aliphatic heterocycles. The van der Waals surface area contributed by atoms with E-state index in [2.05, 4.69) is 13.8 Å². The first kappa shape index (κ1) is 14.4. The molecule has 0 aromatic rings. The van der Waals surface area contributed by atoms with Gasteiger partial charge in [-0.1, -0.05) is 41.0 Å². The summed E-state index contributed by atoms with van der Waals surface area (Å²) in [5.74, 6) is 0.295. The number of ether oxygens (including phenoxy) is 1. The summed E-state index contributed by atoms with van der Waals surface area (Å²) in [5, 5.41) is 9.52. The van der Waals surface area contributed by atoms with Crippen LogP contribution in [0.4, 0.5) is 0 Å². The van der Waals surface area contributed by atoms with Gasteiger partial charge >= 0.3 is 5.97 Å². The van der Waals surface area contributed by atoms with Crippen LogP contribution < -0.4 is 0 Å². The molecule has 1 atom stereocenters. The Bertz CT molecular complexity index is 192. The summed E-state index contributed by atoms with van der Waals surface area (Å²) >= 11 is 0. The van der Waals surface area contributed by atoms with Crippen molar-refractivity contribution in [3.63, 3.8) is 0 Å². The predicted molar refractivity (Wildman–Crippen MR) is 60.2 cm³/mol. The number of carbonyl (C=O) groups is 1. The summed E-state index contributed by atoms with van der Waals surface area (Å²) in [4.78, 5) is 11.3. The van der Waals surface area contributed by atoms with Crippen LogP contribution in [-0.2, 0) is 9.53 Å². The van der Waals surface area contributed by atoms with E-state index in [4.69, 9.17) is 4.74 Å². The molecule has 0 saturated heterocycles. The van der Waals surface area contributed by atoms with Crippen molar-refractivity contribution >= 4 is 5.97 Å². The van der Waals surface area contributed by atoms with Crippen LogP contribution in [0.1, 0.15) is 53.9 Å². The van der Waals surface area contributed by atoms with Crippen LogP contribution in [0.2, 0.25) is 0 Å². The Kier molecular flexibility index (Phi) is 5.88. The van der Waals surface area contributed by atoms with Crippen molar-refractivity contribution in [1.82, 2.24) is 0 Å². The Morgan fingerprint density at radius 2 is 1.87 bits per heavy atom. The SMILES string of the molecule is CC(C)CCCC(=O)OC(O)C(C)(C)C. The van der Waals surface area contributed by atoms with E-state index >= 15 is 0 Å². The highest BCUT2D eigenvalue weighted by atomic mass is 16.6. The number of carbonyl (C=O) groups excluding carboxylic acids is 1. The Morgan fingerprint density at radius 1 is 1.33 bits per heavy atom. The lowest BCUT2D eigenvalue weighted by molar-refractivity contribution is -0.186. The molecule has 3 nitrogen and oxygen atoms in total. The highest BCUT2D eigenvalue weighted by molar-refractivity contribution is 5.69. The summed E-state index contributed by atoms with van der Waals surface area (Å²) in [6.07, 6.45) is 1.23. The summed E-state index contributed by atoms with van der Waals surface area (Å²) in [7, 11) is 0. The molecule has 90 valence electrons. The van der Waals surface area contributed by atoms with E-state index in [0.29, 0.717) is 12.3 Å². The van der Waals surface area contributed by atoms with Crippen molar-refractivity contribution in [3.05, 3.63) is 0 Å². The molecule has 0 saturated carbocycles. The quantitative estimate of drug-likeness (QED) is 0.567. The van der Waals surface area contributed by atoms with E-state index in [9.17, 15) is 9.90 Å². The van der Waals surface area contributed by atoms with Gasteiger partial charge in [0.25, 0.3) is 0 Å². The van der Waals surface area contributed by atoms with Gasteiger partial charge in [0, 0.05) is 11.8 Å². The van der Waals surface area contributed by atoms with Gasteiger partial charge in [0.2, 0.25) is 6.29 Å². The minimum atomic E-state index is -1.01. The number of esters is 1. The first-order valence-corrected chi connectivity index (χ1v) is 5.61. The van der Waals surface area contributed by atoms with Crippen molar-refractivity contribution in [2.24, 2.45) is 11.3 Å². The fourth-order valence-corrected chi connectivity index (χ4v) is 1.01. The lowest BCUT2D eigenvalue weighted by Gasteiger charge is -2.25. The second-order valence-corrected chi connectivity index (χ2v) is 5.49. The van der Waals surface area contributed by atoms with Crippen molar-refractivity contribution in [1.29, 1.82) is 0 Å². The van der Waals surface area contributed by atoms with Crippen LogP contribution in [0.5, 0.6) is 0 Å². The zero-order chi connectivity index (χ0) is 12.1. The zero-order valence-electron chi connectivity index (χ0n) is 10.5. The van der Waals surface area contributed by atoms with Gasteiger partial charge in [-0.2, -0.15) is 0 Å². The molecule has 3 heteroatoms. The van der Waals surface area contributed by atoms with Gasteiger partial charge in [0.15, 0.2) is 0 Å². The topological polar surface area (TPSA) is 46.5 Å². The number of hydrogen-bond acceptors (Lipinski definition) is 3. The van der Waals surface area contributed by atoms with Crippen LogP contribution in [0, 0.1) is 11.3 Å². The summed E-state index contributed by atoms with van der Waals surface area (Å²) < 4.78 is 4.91. The molecular weight excluding hydrogens is 192 g/mol. The molecule has 0 aliphatic carbocycles. The van der Waals surface area contributed by atoms with E-state index in [-0.39, 0.29) is 5.97 Å². The third-order valence-corrected chi connectivity index (χ3v) is 2.15. The van der Waals surface area contributed by atoms with Crippen LogP contribution in [0.25, 0.3) is 0 Å². The van der Waals surface area contributed by atoms with E-state index < -0.39 is 11.7 Å². The van der Waals surface area contributed by atoms with Gasteiger partial charge in [-0.25, -0.2) is 0 Å². The second kappa shape index (κ2) is 6.11. The molecule has 0 fully saturated rings. The maximum absolute atomic E-state index is 11.3. The zero-order valence-corrected chi connectivity index (χ0v) is 10.5. The van der Waals surface area contributed by atoms with Crippen molar-refractivity contribution < 1.29 is 14.6 Å². The number of hydrogen-bond donors (Lipinski definition) is 1. The Balaban J connectivity index is 3.75. The number of aliphatic hydroxyl groups excluding tert-OH is 1. The number of aliphatic hydroxyl groups is 1. The average molecular weight is 216 g/mol. The predicted octanol–water partition coefficient (Wildman–Crippen LogP) is 2.72. The molecule has 0 heterocycles. The van der Waals surface area contributed by atoms with Gasteiger partial charge in [-0.3, -0.25) is 4.79 Å². The monoisotopic (exact) mass is 216 g/mol. The molecule has 1 N–H and O–H groups in total. The summed E-state index contributed by atoms with van der Waals surface area (Å²) in [6.45, 7) is 9.74. The Hall–Kier alpha value is -0.570. The van der Waals surface area contributed by atoms with E-state index in [1.165, 1.54) is 0 Å². The van der Waals surface area contributed by atoms with Gasteiger partial charge in [0.1, 0.15) is 0 Å². The average Bonchev–Trinajstić information content (AvgIpc) is 2.01. The molecule has 0 aromatic heterocycles. The maximum atomic E-state index is 11.3. The third-order valence-electron chi connectivity index (χ3n) is 2.15. The van der Waals surface area contributed by atoms with Crippen molar-refractivity contribution in [2.75, 3.05) is 0 Å². The molecule has 0 aromatic carbocycles. The molecule has 0 spiro atoms. The van der Waals surface area contributed by atoms with Crippen LogP contribution >= 0.6 is 0 Å². The minimum Gasteiger partial charge on any atom is -0.435 e. The van der Waals surface area contributed by atoms with Gasteiger partial charge in [-0.15, -0.1) is 0 Å². The van der Waals surface area contributed by atoms with Crippen LogP contribution in [0.15, 0.2) is 0 Å². The van der Waals surface area contributed by atoms with E-state index in [0.717, 1.165) is 12.8 Å². The van der Waals surface area contributed by atoms with Gasteiger partial charge in [0.05, 0.1) is 0 Å². The first-order chi connectivity index (χ1) is 6.73. The lowest BCUT2D eigenvalue weighted by atomic mass is 9.96. The lowest BCUT2D eigenvalue weighted by Crippen LogP contribution is -2.31. The Labute approximate surface area is 92.8 Å². The Morgan fingerprint density at radius 3 is 2.27 bits per heavy atom. The minimum absolute atomic E-state index is 0.307. The normalized spacial score (nSPS) is 14.1. The van der Waals surface area contributed by atoms with Crippen molar-refractivity contribution in [2.45, 2.75) is 60.2 Å². The molecule has 0 aliphatic rings. The van der Waals surface area contributed by atoms with Crippen LogP contribution in [-0.4, -0.2) is 17.4 Å². The maximum Gasteiger partial charge on any atom is 0.308 e. The molecule has 0 bridgehead atoms. The molecule has 0 radical (unpaired) electrons. The second-order valence-electron chi connectivity index (χ2n) is 5.49. The molecule has 1 unspecified atom stereocenters.